The van der Waals surface area contributed by atoms with E-state index in [-0.39, 0.29) is 11.3 Å². The fraction of sp³-hybridized carbons (Fsp3) is 0.611. The van der Waals surface area contributed by atoms with Gasteiger partial charge in [-0.15, -0.1) is 0 Å². The van der Waals surface area contributed by atoms with E-state index >= 15 is 0 Å². The van der Waals surface area contributed by atoms with Gasteiger partial charge in [-0.05, 0) is 18.6 Å². The van der Waals surface area contributed by atoms with Gasteiger partial charge in [0.05, 0.1) is 0 Å². The minimum Gasteiger partial charge on any atom is -0.504 e. The minimum absolute atomic E-state index is 0.117. The number of Topliss-reactive ketones (excluding diaryl/α,β-unsaturated/α-hetero) is 1. The summed E-state index contributed by atoms with van der Waals surface area (Å²) >= 11 is 0. The lowest BCUT2D eigenvalue weighted by Gasteiger charge is -2.05. The van der Waals surface area contributed by atoms with Crippen molar-refractivity contribution in [2.45, 2.75) is 71.1 Å². The van der Waals surface area contributed by atoms with Gasteiger partial charge in [-0.2, -0.15) is 0 Å². The first-order chi connectivity index (χ1) is 10.6. The van der Waals surface area contributed by atoms with Crippen molar-refractivity contribution in [2.24, 2.45) is 0 Å². The molecule has 4 nitrogen and oxygen atoms in total. The van der Waals surface area contributed by atoms with Gasteiger partial charge in [-0.25, -0.2) is 0 Å². The Balaban J connectivity index is 2.19. The summed E-state index contributed by atoms with van der Waals surface area (Å²) in [5.74, 6) is -1.63. The molecule has 22 heavy (non-hydrogen) atoms. The number of hydrogen-bond acceptors (Lipinski definition) is 4. The Labute approximate surface area is 132 Å². The molecule has 1 aromatic carbocycles. The number of benzene rings is 1. The van der Waals surface area contributed by atoms with Gasteiger partial charge in [-0.1, -0.05) is 58.3 Å². The average Bonchev–Trinajstić information content (AvgIpc) is 2.50. The van der Waals surface area contributed by atoms with Crippen LogP contribution in [0.25, 0.3) is 0 Å². The van der Waals surface area contributed by atoms with E-state index in [1.54, 1.807) is 0 Å². The van der Waals surface area contributed by atoms with Crippen molar-refractivity contribution in [3.8, 4) is 17.2 Å². The largest absolute Gasteiger partial charge is 0.504 e. The van der Waals surface area contributed by atoms with Gasteiger partial charge in [0.2, 0.25) is 0 Å². The van der Waals surface area contributed by atoms with E-state index < -0.39 is 17.2 Å². The highest BCUT2D eigenvalue weighted by Crippen LogP contribution is 2.35. The fourth-order valence-electron chi connectivity index (χ4n) is 2.51. The number of ketones is 1. The number of phenolic OH excluding ortho intramolecular Hbond substituents is 3. The van der Waals surface area contributed by atoms with E-state index in [1.807, 2.05) is 0 Å². The Morgan fingerprint density at radius 1 is 0.818 bits per heavy atom. The van der Waals surface area contributed by atoms with E-state index in [9.17, 15) is 20.1 Å². The van der Waals surface area contributed by atoms with E-state index in [0.29, 0.717) is 6.42 Å². The third-order valence-electron chi connectivity index (χ3n) is 3.90. The summed E-state index contributed by atoms with van der Waals surface area (Å²) in [5, 5.41) is 28.0. The monoisotopic (exact) mass is 308 g/mol. The van der Waals surface area contributed by atoms with Crippen LogP contribution in [-0.2, 0) is 0 Å². The maximum Gasteiger partial charge on any atom is 0.200 e. The van der Waals surface area contributed by atoms with Gasteiger partial charge < -0.3 is 15.3 Å². The summed E-state index contributed by atoms with van der Waals surface area (Å²) in [6, 6.07) is 2.40. The van der Waals surface area contributed by atoms with Crippen LogP contribution in [0.15, 0.2) is 12.1 Å². The van der Waals surface area contributed by atoms with Crippen molar-refractivity contribution in [3.63, 3.8) is 0 Å². The molecule has 0 unspecified atom stereocenters. The molecule has 1 aromatic rings. The number of aromatic hydroxyl groups is 3. The smallest absolute Gasteiger partial charge is 0.200 e. The zero-order valence-corrected chi connectivity index (χ0v) is 13.5. The Morgan fingerprint density at radius 2 is 1.27 bits per heavy atom. The summed E-state index contributed by atoms with van der Waals surface area (Å²) in [6.07, 6.45) is 11.1. The van der Waals surface area contributed by atoms with E-state index in [1.165, 1.54) is 50.7 Å². The average molecular weight is 308 g/mol. The summed E-state index contributed by atoms with van der Waals surface area (Å²) < 4.78 is 0. The normalized spacial score (nSPS) is 10.8. The third kappa shape index (κ3) is 6.37. The van der Waals surface area contributed by atoms with E-state index in [2.05, 4.69) is 6.92 Å². The van der Waals surface area contributed by atoms with Crippen molar-refractivity contribution < 1.29 is 20.1 Å². The highest BCUT2D eigenvalue weighted by molar-refractivity contribution is 5.97. The second kappa shape index (κ2) is 10.1. The lowest BCUT2D eigenvalue weighted by molar-refractivity contribution is 0.0978. The van der Waals surface area contributed by atoms with Gasteiger partial charge in [0.1, 0.15) is 0 Å². The summed E-state index contributed by atoms with van der Waals surface area (Å²) in [7, 11) is 0. The van der Waals surface area contributed by atoms with E-state index in [4.69, 9.17) is 0 Å². The van der Waals surface area contributed by atoms with Crippen LogP contribution in [0.1, 0.15) is 81.5 Å². The van der Waals surface area contributed by atoms with Crippen LogP contribution in [0, 0.1) is 0 Å². The maximum absolute atomic E-state index is 12.0. The minimum atomic E-state index is -0.584. The van der Waals surface area contributed by atoms with Crippen molar-refractivity contribution >= 4 is 5.78 Å². The van der Waals surface area contributed by atoms with Crippen molar-refractivity contribution in [2.75, 3.05) is 0 Å². The Bertz CT molecular complexity index is 445. The molecule has 0 aliphatic carbocycles. The van der Waals surface area contributed by atoms with Gasteiger partial charge in [0.15, 0.2) is 23.0 Å². The number of rotatable bonds is 11. The molecular weight excluding hydrogens is 280 g/mol. The molecule has 4 heteroatoms. The zero-order chi connectivity index (χ0) is 16.4. The molecule has 0 radical (unpaired) electrons. The van der Waals surface area contributed by atoms with Crippen LogP contribution < -0.4 is 0 Å². The topological polar surface area (TPSA) is 77.8 Å². The summed E-state index contributed by atoms with van der Waals surface area (Å²) in [5.41, 5.74) is 0.243. The molecule has 1 rings (SSSR count). The Hall–Kier alpha value is -1.71. The summed E-state index contributed by atoms with van der Waals surface area (Å²) in [6.45, 7) is 2.21. The first-order valence-corrected chi connectivity index (χ1v) is 8.34. The molecular formula is C18H28O4. The molecule has 0 bridgehead atoms. The Kier molecular flexibility index (Phi) is 8.41. The standard InChI is InChI=1S/C18H28O4/c1-2-3-4-5-6-7-8-9-10-11-15(19)14-12-16(20)18(22)17(21)13-14/h12-13,20-22H,2-11H2,1H3. The molecule has 0 aromatic heterocycles. The van der Waals surface area contributed by atoms with Gasteiger partial charge in [0, 0.05) is 12.0 Å². The molecule has 0 aliphatic heterocycles. The molecule has 0 saturated carbocycles. The van der Waals surface area contributed by atoms with Crippen LogP contribution in [-0.4, -0.2) is 21.1 Å². The van der Waals surface area contributed by atoms with Crippen molar-refractivity contribution in [1.82, 2.24) is 0 Å². The predicted octanol–water partition coefficient (Wildman–Crippen LogP) is 4.91. The second-order valence-corrected chi connectivity index (χ2v) is 5.86. The number of carbonyl (C=O) groups excluding carboxylic acids is 1. The van der Waals surface area contributed by atoms with Gasteiger partial charge in [-0.3, -0.25) is 4.79 Å². The van der Waals surface area contributed by atoms with Crippen LogP contribution in [0.2, 0.25) is 0 Å². The molecule has 124 valence electrons. The van der Waals surface area contributed by atoms with Gasteiger partial charge >= 0.3 is 0 Å². The third-order valence-corrected chi connectivity index (χ3v) is 3.90. The van der Waals surface area contributed by atoms with Crippen molar-refractivity contribution in [3.05, 3.63) is 17.7 Å². The molecule has 0 saturated heterocycles. The summed E-state index contributed by atoms with van der Waals surface area (Å²) in [4.78, 5) is 12.0. The van der Waals surface area contributed by atoms with Gasteiger partial charge in [0.25, 0.3) is 0 Å². The maximum atomic E-state index is 12.0. The molecule has 0 aliphatic rings. The second-order valence-electron chi connectivity index (χ2n) is 5.86. The number of unbranched alkanes of at least 4 members (excludes halogenated alkanes) is 8. The zero-order valence-electron chi connectivity index (χ0n) is 13.5. The molecule has 0 fully saturated rings. The molecule has 0 heterocycles. The van der Waals surface area contributed by atoms with Crippen LogP contribution in [0.4, 0.5) is 0 Å². The Morgan fingerprint density at radius 3 is 1.77 bits per heavy atom. The quantitative estimate of drug-likeness (QED) is 0.308. The number of carbonyl (C=O) groups is 1. The lowest BCUT2D eigenvalue weighted by atomic mass is 10.0. The van der Waals surface area contributed by atoms with E-state index in [0.717, 1.165) is 19.3 Å². The molecule has 0 spiro atoms. The molecule has 0 atom stereocenters. The van der Waals surface area contributed by atoms with Crippen LogP contribution in [0.5, 0.6) is 17.2 Å². The first-order valence-electron chi connectivity index (χ1n) is 8.34. The SMILES string of the molecule is CCCCCCCCCCCC(=O)c1cc(O)c(O)c(O)c1. The fourth-order valence-corrected chi connectivity index (χ4v) is 2.51. The highest BCUT2D eigenvalue weighted by Gasteiger charge is 2.13. The predicted molar refractivity (Wildman–Crippen MR) is 87.6 cm³/mol. The molecule has 3 N–H and O–H groups in total. The lowest BCUT2D eigenvalue weighted by Crippen LogP contribution is -1.99. The van der Waals surface area contributed by atoms with Crippen LogP contribution >= 0.6 is 0 Å². The number of hydrogen-bond donors (Lipinski definition) is 3. The molecule has 0 amide bonds. The number of phenols is 3. The van der Waals surface area contributed by atoms with Crippen LogP contribution in [0.3, 0.4) is 0 Å². The van der Waals surface area contributed by atoms with Crippen molar-refractivity contribution in [1.29, 1.82) is 0 Å². The first kappa shape index (κ1) is 18.3. The highest BCUT2D eigenvalue weighted by atomic mass is 16.3.